The van der Waals surface area contributed by atoms with E-state index in [1.165, 1.54) is 60.4 Å². The van der Waals surface area contributed by atoms with Crippen molar-refractivity contribution >= 4 is 71.9 Å². The number of hydrogen-bond acceptors (Lipinski definition) is 3. The molecule has 0 radical (unpaired) electrons. The second kappa shape index (κ2) is 11.4. The molecule has 8 aromatic rings. The molecule has 4 nitrogen and oxygen atoms in total. The molecular weight excluding hydrogens is 712 g/mol. The van der Waals surface area contributed by atoms with Crippen LogP contribution in [-0.2, 0) is 6.42 Å². The van der Waals surface area contributed by atoms with Crippen LogP contribution in [0.3, 0.4) is 0 Å². The molecule has 5 heteroatoms. The van der Waals surface area contributed by atoms with E-state index in [2.05, 4.69) is 179 Å². The molecule has 1 aliphatic heterocycles. The molecule has 254 valence electrons. The van der Waals surface area contributed by atoms with Crippen LogP contribution in [0, 0.1) is 5.92 Å². The van der Waals surface area contributed by atoms with Crippen molar-refractivity contribution in [2.75, 3.05) is 5.32 Å². The summed E-state index contributed by atoms with van der Waals surface area (Å²) >= 11 is 3.75. The summed E-state index contributed by atoms with van der Waals surface area (Å²) in [5.41, 5.74) is 12.8. The summed E-state index contributed by atoms with van der Waals surface area (Å²) in [7, 11) is 0. The van der Waals surface area contributed by atoms with Gasteiger partial charge in [-0.05, 0) is 112 Å². The average molecular weight is 748 g/mol. The first kappa shape index (κ1) is 30.8. The lowest BCUT2D eigenvalue weighted by atomic mass is 9.82. The van der Waals surface area contributed by atoms with Crippen LogP contribution in [0.2, 0.25) is 0 Å². The number of allylic oxidation sites excluding steroid dienone is 1. The quantitative estimate of drug-likeness (QED) is 0.183. The Balaban J connectivity index is 1.13. The third-order valence-corrected chi connectivity index (χ3v) is 12.1. The molecule has 53 heavy (non-hydrogen) atoms. The minimum atomic E-state index is -0.138. The first-order chi connectivity index (χ1) is 25.9. The highest BCUT2D eigenvalue weighted by atomic mass is 79.9. The number of halogens is 1. The summed E-state index contributed by atoms with van der Waals surface area (Å²) in [5, 5.41) is 11.1. The lowest BCUT2D eigenvalue weighted by Crippen LogP contribution is -2.42. The molecule has 6 aromatic carbocycles. The minimum absolute atomic E-state index is 0.138. The normalized spacial score (nSPS) is 18.4. The van der Waals surface area contributed by atoms with Gasteiger partial charge in [0.1, 0.15) is 0 Å². The number of rotatable bonds is 3. The van der Waals surface area contributed by atoms with Gasteiger partial charge in [0.2, 0.25) is 5.95 Å². The molecule has 11 rings (SSSR count). The van der Waals surface area contributed by atoms with E-state index in [0.29, 0.717) is 11.9 Å². The molecule has 1 N–H and O–H groups in total. The highest BCUT2D eigenvalue weighted by Crippen LogP contribution is 2.45. The Kier molecular flexibility index (Phi) is 6.60. The fourth-order valence-electron chi connectivity index (χ4n) is 9.10. The van der Waals surface area contributed by atoms with Gasteiger partial charge in [0.05, 0.1) is 28.0 Å². The van der Waals surface area contributed by atoms with Gasteiger partial charge in [0.15, 0.2) is 0 Å². The molecule has 2 aliphatic carbocycles. The number of hydrogen-bond donors (Lipinski definition) is 1. The predicted molar refractivity (Wildman–Crippen MR) is 224 cm³/mol. The van der Waals surface area contributed by atoms with Gasteiger partial charge in [-0.1, -0.05) is 114 Å². The fourth-order valence-corrected chi connectivity index (χ4v) is 9.46. The molecule has 0 spiro atoms. The van der Waals surface area contributed by atoms with Gasteiger partial charge < -0.3 is 5.32 Å². The SMILES string of the molecule is CC1C=Cc2c(c3cc(-c4ccc5c(c4)C4=c6cc(Br)ccc6=CCC4(C)N5)ccc3n2-c2nc(-c3ccccc3)c3ccc4ccccc4c3n2)C1. The van der Waals surface area contributed by atoms with Gasteiger partial charge in [0, 0.05) is 37.4 Å². The first-order valence-corrected chi connectivity index (χ1v) is 19.3. The highest BCUT2D eigenvalue weighted by Gasteiger charge is 2.38. The van der Waals surface area contributed by atoms with Crippen molar-refractivity contribution in [1.29, 1.82) is 0 Å². The molecule has 2 atom stereocenters. The van der Waals surface area contributed by atoms with Gasteiger partial charge in [-0.3, -0.25) is 4.57 Å². The van der Waals surface area contributed by atoms with Crippen LogP contribution in [0.25, 0.3) is 78.6 Å². The number of fused-ring (bicyclic) bond motifs is 10. The first-order valence-electron chi connectivity index (χ1n) is 18.5. The maximum atomic E-state index is 5.40. The van der Waals surface area contributed by atoms with E-state index in [-0.39, 0.29) is 5.54 Å². The maximum Gasteiger partial charge on any atom is 0.235 e. The Labute approximate surface area is 316 Å². The highest BCUT2D eigenvalue weighted by molar-refractivity contribution is 9.10. The molecule has 0 fully saturated rings. The van der Waals surface area contributed by atoms with Crippen molar-refractivity contribution in [3.8, 4) is 28.3 Å². The average Bonchev–Trinajstić information content (AvgIpc) is 3.68. The summed E-state index contributed by atoms with van der Waals surface area (Å²) in [5.74, 6) is 1.14. The number of aromatic nitrogens is 3. The Morgan fingerprint density at radius 1 is 0.774 bits per heavy atom. The molecule has 0 saturated heterocycles. The van der Waals surface area contributed by atoms with Crippen LogP contribution < -0.4 is 15.8 Å². The topological polar surface area (TPSA) is 42.7 Å². The lowest BCUT2D eigenvalue weighted by molar-refractivity contribution is 0.691. The zero-order valence-electron chi connectivity index (χ0n) is 29.5. The van der Waals surface area contributed by atoms with Crippen LogP contribution in [0.4, 0.5) is 5.69 Å². The molecule has 2 aromatic heterocycles. The molecule has 0 amide bonds. The van der Waals surface area contributed by atoms with Crippen LogP contribution in [0.1, 0.15) is 37.1 Å². The standard InChI is InChI=1S/C48H35BrN4/c1-28-12-20-42-38(24-28)39-25-33(32-15-19-41-40(26-32)44-37-27-34(49)17-13-30(37)22-23-48(44,2)52-41)16-21-43(39)53(42)47-50-45(31-9-4-3-5-10-31)36-18-14-29-8-6-7-11-35(29)46(36)51-47/h3-22,25-28,52H,23-24H2,1-2H3. The molecule has 0 bridgehead atoms. The Morgan fingerprint density at radius 3 is 2.51 bits per heavy atom. The summed E-state index contributed by atoms with van der Waals surface area (Å²) in [6, 6.07) is 44.0. The van der Waals surface area contributed by atoms with Gasteiger partial charge >= 0.3 is 0 Å². The second-order valence-electron chi connectivity index (χ2n) is 15.1. The second-order valence-corrected chi connectivity index (χ2v) is 16.0. The van der Waals surface area contributed by atoms with Gasteiger partial charge in [0.25, 0.3) is 0 Å². The monoisotopic (exact) mass is 746 g/mol. The third-order valence-electron chi connectivity index (χ3n) is 11.6. The zero-order valence-corrected chi connectivity index (χ0v) is 31.1. The summed E-state index contributed by atoms with van der Waals surface area (Å²) in [4.78, 5) is 10.8. The van der Waals surface area contributed by atoms with Gasteiger partial charge in [-0.15, -0.1) is 0 Å². The Hall–Kier alpha value is -5.78. The van der Waals surface area contributed by atoms with Crippen molar-refractivity contribution in [2.24, 2.45) is 5.92 Å². The number of nitrogens with one attached hydrogen (secondary N) is 1. The van der Waals surface area contributed by atoms with E-state index >= 15 is 0 Å². The van der Waals surface area contributed by atoms with Crippen LogP contribution in [0.5, 0.6) is 0 Å². The van der Waals surface area contributed by atoms with E-state index in [1.54, 1.807) is 0 Å². The number of anilines is 1. The Morgan fingerprint density at radius 2 is 1.60 bits per heavy atom. The predicted octanol–water partition coefficient (Wildman–Crippen LogP) is 10.6. The van der Waals surface area contributed by atoms with E-state index in [1.807, 2.05) is 0 Å². The van der Waals surface area contributed by atoms with E-state index in [4.69, 9.17) is 9.97 Å². The van der Waals surface area contributed by atoms with E-state index in [9.17, 15) is 0 Å². The summed E-state index contributed by atoms with van der Waals surface area (Å²) < 4.78 is 3.40. The molecule has 3 heterocycles. The molecular formula is C48H35BrN4. The molecule has 3 aliphatic rings. The molecule has 0 saturated carbocycles. The molecule has 2 unspecified atom stereocenters. The number of benzene rings is 6. The van der Waals surface area contributed by atoms with Crippen molar-refractivity contribution in [3.63, 3.8) is 0 Å². The van der Waals surface area contributed by atoms with Crippen LogP contribution >= 0.6 is 15.9 Å². The minimum Gasteiger partial charge on any atom is -0.375 e. The third kappa shape index (κ3) is 4.66. The zero-order chi connectivity index (χ0) is 35.4. The van der Waals surface area contributed by atoms with Crippen molar-refractivity contribution in [1.82, 2.24) is 14.5 Å². The summed E-state index contributed by atoms with van der Waals surface area (Å²) in [6.07, 6.45) is 8.90. The van der Waals surface area contributed by atoms with Crippen molar-refractivity contribution < 1.29 is 0 Å². The van der Waals surface area contributed by atoms with E-state index < -0.39 is 0 Å². The van der Waals surface area contributed by atoms with Crippen LogP contribution in [0.15, 0.2) is 132 Å². The fraction of sp³-hybridized carbons (Fsp3) is 0.125. The number of nitrogens with zero attached hydrogens (tertiary/aromatic N) is 3. The van der Waals surface area contributed by atoms with E-state index in [0.717, 1.165) is 50.4 Å². The van der Waals surface area contributed by atoms with Crippen molar-refractivity contribution in [3.05, 3.63) is 159 Å². The lowest BCUT2D eigenvalue weighted by Gasteiger charge is -2.28. The maximum absolute atomic E-state index is 5.40. The largest absolute Gasteiger partial charge is 0.375 e. The smallest absolute Gasteiger partial charge is 0.235 e. The van der Waals surface area contributed by atoms with Crippen LogP contribution in [-0.4, -0.2) is 20.1 Å². The van der Waals surface area contributed by atoms with Crippen molar-refractivity contribution in [2.45, 2.75) is 32.2 Å². The van der Waals surface area contributed by atoms with Gasteiger partial charge in [-0.2, -0.15) is 0 Å². The Bertz CT molecular complexity index is 3030. The summed E-state index contributed by atoms with van der Waals surface area (Å²) in [6.45, 7) is 4.64. The van der Waals surface area contributed by atoms with Gasteiger partial charge in [-0.25, -0.2) is 9.97 Å².